The van der Waals surface area contributed by atoms with Crippen molar-refractivity contribution in [3.8, 4) is 0 Å². The first kappa shape index (κ1) is 12.4. The Hall–Kier alpha value is -1.67. The maximum Gasteiger partial charge on any atom is 0.126 e. The molecule has 0 heterocycles. The highest BCUT2D eigenvalue weighted by Crippen LogP contribution is 2.40. The normalized spacial score (nSPS) is 16.4. The lowest BCUT2D eigenvalue weighted by atomic mass is 9.98. The average molecular weight is 256 g/mol. The molecule has 2 aromatic carbocycles. The van der Waals surface area contributed by atoms with Gasteiger partial charge in [0.05, 0.1) is 0 Å². The summed E-state index contributed by atoms with van der Waals surface area (Å²) in [6.45, 7) is 1.71. The van der Waals surface area contributed by atoms with Crippen molar-refractivity contribution in [2.75, 3.05) is 0 Å². The van der Waals surface area contributed by atoms with Crippen LogP contribution in [-0.4, -0.2) is 5.11 Å². The van der Waals surface area contributed by atoms with E-state index in [2.05, 4.69) is 12.1 Å². The van der Waals surface area contributed by atoms with E-state index >= 15 is 0 Å². The van der Waals surface area contributed by atoms with Gasteiger partial charge in [0, 0.05) is 0 Å². The van der Waals surface area contributed by atoms with Crippen LogP contribution in [0.3, 0.4) is 0 Å². The van der Waals surface area contributed by atoms with Crippen molar-refractivity contribution in [1.82, 2.24) is 0 Å². The first-order valence-electron chi connectivity index (χ1n) is 6.69. The van der Waals surface area contributed by atoms with Gasteiger partial charge in [-0.2, -0.15) is 0 Å². The maximum atomic E-state index is 13.2. The van der Waals surface area contributed by atoms with Crippen LogP contribution in [0.5, 0.6) is 0 Å². The van der Waals surface area contributed by atoms with Gasteiger partial charge in [0.25, 0.3) is 0 Å². The first-order chi connectivity index (χ1) is 9.15. The molecule has 2 heteroatoms. The molecule has 1 fully saturated rings. The minimum Gasteiger partial charge on any atom is -0.384 e. The van der Waals surface area contributed by atoms with Gasteiger partial charge in [-0.3, -0.25) is 0 Å². The predicted molar refractivity (Wildman–Crippen MR) is 73.6 cm³/mol. The predicted octanol–water partition coefficient (Wildman–Crippen LogP) is 4.09. The number of halogens is 1. The molecule has 1 saturated carbocycles. The number of benzene rings is 2. The number of aryl methyl sites for hydroxylation is 1. The molecule has 0 aliphatic heterocycles. The molecule has 0 spiro atoms. The quantitative estimate of drug-likeness (QED) is 0.876. The fraction of sp³-hybridized carbons (Fsp3) is 0.294. The number of aliphatic hydroxyl groups excluding tert-OH is 1. The van der Waals surface area contributed by atoms with Gasteiger partial charge in [-0.25, -0.2) is 4.39 Å². The van der Waals surface area contributed by atoms with Gasteiger partial charge in [0.1, 0.15) is 11.9 Å². The van der Waals surface area contributed by atoms with E-state index in [1.165, 1.54) is 24.5 Å². The molecule has 0 aromatic heterocycles. The third-order valence-electron chi connectivity index (χ3n) is 3.80. The molecule has 1 aliphatic rings. The molecule has 1 nitrogen and oxygen atoms in total. The summed E-state index contributed by atoms with van der Waals surface area (Å²) in [5.41, 5.74) is 3.51. The summed E-state index contributed by atoms with van der Waals surface area (Å²) in [6.07, 6.45) is 1.87. The fourth-order valence-electron chi connectivity index (χ4n) is 2.40. The van der Waals surface area contributed by atoms with Gasteiger partial charge in [-0.05, 0) is 54.0 Å². The zero-order valence-corrected chi connectivity index (χ0v) is 10.9. The lowest BCUT2D eigenvalue weighted by molar-refractivity contribution is 0.220. The second kappa shape index (κ2) is 4.78. The third-order valence-corrected chi connectivity index (χ3v) is 3.80. The third kappa shape index (κ3) is 2.54. The molecule has 19 heavy (non-hydrogen) atoms. The molecule has 1 unspecified atom stereocenters. The van der Waals surface area contributed by atoms with Crippen LogP contribution in [-0.2, 0) is 0 Å². The highest BCUT2D eigenvalue weighted by atomic mass is 19.1. The van der Waals surface area contributed by atoms with Gasteiger partial charge >= 0.3 is 0 Å². The summed E-state index contributed by atoms with van der Waals surface area (Å²) in [6, 6.07) is 12.9. The summed E-state index contributed by atoms with van der Waals surface area (Å²) >= 11 is 0. The largest absolute Gasteiger partial charge is 0.384 e. The zero-order valence-electron chi connectivity index (χ0n) is 10.9. The number of hydrogen-bond donors (Lipinski definition) is 1. The highest BCUT2D eigenvalue weighted by molar-refractivity contribution is 5.35. The molecular formula is C17H17FO. The SMILES string of the molecule is Cc1cc(C(O)c2ccc(C3CC3)cc2)ccc1F. The van der Waals surface area contributed by atoms with Crippen molar-refractivity contribution in [3.63, 3.8) is 0 Å². The lowest BCUT2D eigenvalue weighted by Crippen LogP contribution is -2.01. The molecule has 0 amide bonds. The zero-order chi connectivity index (χ0) is 13.4. The van der Waals surface area contributed by atoms with E-state index in [-0.39, 0.29) is 5.82 Å². The Morgan fingerprint density at radius 3 is 2.26 bits per heavy atom. The fourth-order valence-corrected chi connectivity index (χ4v) is 2.40. The van der Waals surface area contributed by atoms with E-state index in [0.29, 0.717) is 5.56 Å². The summed E-state index contributed by atoms with van der Waals surface area (Å²) in [4.78, 5) is 0. The molecule has 0 saturated heterocycles. The van der Waals surface area contributed by atoms with Crippen molar-refractivity contribution in [3.05, 3.63) is 70.5 Å². The average Bonchev–Trinajstić information content (AvgIpc) is 3.26. The minimum absolute atomic E-state index is 0.236. The van der Waals surface area contributed by atoms with E-state index in [1.54, 1.807) is 19.1 Å². The van der Waals surface area contributed by atoms with Gasteiger partial charge in [0.15, 0.2) is 0 Å². The van der Waals surface area contributed by atoms with Gasteiger partial charge in [0.2, 0.25) is 0 Å². The Kier molecular flexibility index (Phi) is 3.11. The van der Waals surface area contributed by atoms with E-state index in [0.717, 1.165) is 17.0 Å². The smallest absolute Gasteiger partial charge is 0.126 e. The molecule has 1 N–H and O–H groups in total. The van der Waals surface area contributed by atoms with Crippen LogP contribution in [0.4, 0.5) is 4.39 Å². The van der Waals surface area contributed by atoms with Crippen LogP contribution >= 0.6 is 0 Å². The molecule has 1 aliphatic carbocycles. The summed E-state index contributed by atoms with van der Waals surface area (Å²) in [5, 5.41) is 10.3. The van der Waals surface area contributed by atoms with Crippen molar-refractivity contribution in [1.29, 1.82) is 0 Å². The maximum absolute atomic E-state index is 13.2. The standard InChI is InChI=1S/C17H17FO/c1-11-10-15(8-9-16(11)18)17(19)14-6-4-13(5-7-14)12-2-3-12/h4-10,12,17,19H,2-3H2,1H3. The van der Waals surface area contributed by atoms with Gasteiger partial charge in [-0.1, -0.05) is 36.4 Å². The summed E-state index contributed by atoms with van der Waals surface area (Å²) < 4.78 is 13.2. The molecule has 98 valence electrons. The van der Waals surface area contributed by atoms with E-state index in [9.17, 15) is 9.50 Å². The molecule has 2 aromatic rings. The topological polar surface area (TPSA) is 20.2 Å². The van der Waals surface area contributed by atoms with Crippen LogP contribution in [0.15, 0.2) is 42.5 Å². The van der Waals surface area contributed by atoms with Gasteiger partial charge < -0.3 is 5.11 Å². The van der Waals surface area contributed by atoms with Crippen molar-refractivity contribution in [2.45, 2.75) is 31.8 Å². The van der Waals surface area contributed by atoms with Crippen molar-refractivity contribution in [2.24, 2.45) is 0 Å². The van der Waals surface area contributed by atoms with Crippen LogP contribution in [0, 0.1) is 12.7 Å². The van der Waals surface area contributed by atoms with Crippen LogP contribution in [0.2, 0.25) is 0 Å². The van der Waals surface area contributed by atoms with E-state index in [1.807, 2.05) is 12.1 Å². The molecule has 1 atom stereocenters. The van der Waals surface area contributed by atoms with E-state index < -0.39 is 6.10 Å². The molecular weight excluding hydrogens is 239 g/mol. The van der Waals surface area contributed by atoms with Gasteiger partial charge in [-0.15, -0.1) is 0 Å². The van der Waals surface area contributed by atoms with E-state index in [4.69, 9.17) is 0 Å². The molecule has 0 radical (unpaired) electrons. The Balaban J connectivity index is 1.85. The van der Waals surface area contributed by atoms with Crippen LogP contribution in [0.1, 0.15) is 47.1 Å². The Morgan fingerprint density at radius 2 is 1.68 bits per heavy atom. The second-order valence-electron chi connectivity index (χ2n) is 5.35. The first-order valence-corrected chi connectivity index (χ1v) is 6.69. The number of rotatable bonds is 3. The molecule has 0 bridgehead atoms. The minimum atomic E-state index is -0.687. The van der Waals surface area contributed by atoms with Crippen LogP contribution < -0.4 is 0 Å². The van der Waals surface area contributed by atoms with Crippen molar-refractivity contribution >= 4 is 0 Å². The highest BCUT2D eigenvalue weighted by Gasteiger charge is 2.23. The molecule has 3 rings (SSSR count). The summed E-state index contributed by atoms with van der Waals surface area (Å²) in [7, 11) is 0. The van der Waals surface area contributed by atoms with Crippen molar-refractivity contribution < 1.29 is 9.50 Å². The Bertz CT molecular complexity index is 585. The number of hydrogen-bond acceptors (Lipinski definition) is 1. The Labute approximate surface area is 112 Å². The lowest BCUT2D eigenvalue weighted by Gasteiger charge is -2.13. The van der Waals surface area contributed by atoms with Crippen LogP contribution in [0.25, 0.3) is 0 Å². The monoisotopic (exact) mass is 256 g/mol. The summed E-state index contributed by atoms with van der Waals surface area (Å²) in [5.74, 6) is 0.485. The second-order valence-corrected chi connectivity index (χ2v) is 5.35. The number of aliphatic hydroxyl groups is 1. The Morgan fingerprint density at radius 1 is 1.05 bits per heavy atom.